The van der Waals surface area contributed by atoms with Crippen molar-refractivity contribution in [3.05, 3.63) is 162 Å². The maximum absolute atomic E-state index is 11.5. The normalized spacial score (nSPS) is 11.6. The molecule has 0 aliphatic rings. The fourth-order valence-corrected chi connectivity index (χ4v) is 7.60. The molecule has 56 heavy (non-hydrogen) atoms. The zero-order valence-electron chi connectivity index (χ0n) is 31.2. The highest BCUT2D eigenvalue weighted by molar-refractivity contribution is 6.17. The molecule has 1 amide bonds. The second kappa shape index (κ2) is 16.1. The van der Waals surface area contributed by atoms with Crippen molar-refractivity contribution in [3.63, 3.8) is 0 Å². The Morgan fingerprint density at radius 2 is 1.54 bits per heavy atom. The van der Waals surface area contributed by atoms with Crippen LogP contribution in [-0.4, -0.2) is 63.1 Å². The summed E-state index contributed by atoms with van der Waals surface area (Å²) in [6.45, 7) is 1.05. The van der Waals surface area contributed by atoms with Gasteiger partial charge in [-0.2, -0.15) is 5.10 Å². The van der Waals surface area contributed by atoms with E-state index in [4.69, 9.17) is 31.4 Å². The van der Waals surface area contributed by atoms with E-state index in [1.807, 2.05) is 37.5 Å². The van der Waals surface area contributed by atoms with Gasteiger partial charge in [-0.05, 0) is 64.9 Å². The third-order valence-electron chi connectivity index (χ3n) is 10.1. The molecule has 0 aliphatic heterocycles. The van der Waals surface area contributed by atoms with Gasteiger partial charge in [-0.25, -0.2) is 19.4 Å². The van der Waals surface area contributed by atoms with Crippen molar-refractivity contribution in [2.24, 2.45) is 0 Å². The van der Waals surface area contributed by atoms with Crippen LogP contribution in [0.2, 0.25) is 0 Å². The van der Waals surface area contributed by atoms with Crippen molar-refractivity contribution in [2.45, 2.75) is 24.3 Å². The molecule has 0 unspecified atom stereocenters. The van der Waals surface area contributed by atoms with Crippen LogP contribution < -0.4 is 10.2 Å². The Kier molecular flexibility index (Phi) is 10.5. The predicted octanol–water partition coefficient (Wildman–Crippen LogP) is 9.19. The average Bonchev–Trinajstić information content (AvgIpc) is 3.87. The molecule has 10 nitrogen and oxygen atoms in total. The van der Waals surface area contributed by atoms with Gasteiger partial charge in [-0.3, -0.25) is 4.98 Å². The van der Waals surface area contributed by atoms with E-state index in [1.165, 1.54) is 0 Å². The number of alkyl halides is 1. The summed E-state index contributed by atoms with van der Waals surface area (Å²) in [6.07, 6.45) is 6.55. The lowest BCUT2D eigenvalue weighted by atomic mass is 9.77. The number of rotatable bonds is 13. The van der Waals surface area contributed by atoms with Gasteiger partial charge >= 0.3 is 6.09 Å². The van der Waals surface area contributed by atoms with Crippen LogP contribution in [0.1, 0.15) is 35.1 Å². The average molecular weight is 761 g/mol. The van der Waals surface area contributed by atoms with E-state index in [1.54, 1.807) is 19.4 Å². The van der Waals surface area contributed by atoms with E-state index in [9.17, 15) is 4.79 Å². The van der Waals surface area contributed by atoms with Gasteiger partial charge in [0.2, 0.25) is 0 Å². The molecule has 0 saturated heterocycles. The summed E-state index contributed by atoms with van der Waals surface area (Å²) in [7, 11) is 3.56. The third-order valence-corrected chi connectivity index (χ3v) is 10.5. The minimum atomic E-state index is -0.859. The molecule has 280 valence electrons. The number of carbonyl (C=O) groups excluding carboxylic acids is 1. The number of aromatic amines is 1. The first-order valence-electron chi connectivity index (χ1n) is 18.6. The molecule has 11 heteroatoms. The quantitative estimate of drug-likeness (QED) is 0.0685. The fraction of sp³-hybridized carbons (Fsp3) is 0.178. The van der Waals surface area contributed by atoms with E-state index in [2.05, 4.69) is 122 Å². The van der Waals surface area contributed by atoms with Gasteiger partial charge in [0.25, 0.3) is 0 Å². The summed E-state index contributed by atoms with van der Waals surface area (Å²) in [5, 5.41) is 9.00. The number of halogens is 1. The van der Waals surface area contributed by atoms with Crippen LogP contribution in [0.3, 0.4) is 0 Å². The number of aromatic nitrogens is 6. The maximum atomic E-state index is 11.5. The maximum Gasteiger partial charge on any atom is 0.406 e. The summed E-state index contributed by atoms with van der Waals surface area (Å²) in [5.41, 5.74) is 8.44. The van der Waals surface area contributed by atoms with Crippen molar-refractivity contribution >= 4 is 45.4 Å². The smallest absolute Gasteiger partial charge is 0.406 e. The summed E-state index contributed by atoms with van der Waals surface area (Å²) in [6, 6.07) is 42.1. The lowest BCUT2D eigenvalue weighted by Crippen LogP contribution is -2.38. The Hall–Kier alpha value is -6.52. The van der Waals surface area contributed by atoms with Gasteiger partial charge in [-0.1, -0.05) is 97.1 Å². The molecule has 0 radical (unpaired) electrons. The Labute approximate surface area is 330 Å². The molecule has 4 aromatic heterocycles. The van der Waals surface area contributed by atoms with Crippen molar-refractivity contribution in [3.8, 4) is 22.6 Å². The molecule has 0 saturated carbocycles. The zero-order valence-corrected chi connectivity index (χ0v) is 31.9. The van der Waals surface area contributed by atoms with Crippen LogP contribution in [0, 0.1) is 0 Å². The number of carbonyl (C=O) groups is 1. The van der Waals surface area contributed by atoms with Crippen LogP contribution in [0.4, 0.5) is 10.6 Å². The number of hydrogen-bond donors (Lipinski definition) is 2. The highest BCUT2D eigenvalue weighted by Crippen LogP contribution is 2.44. The van der Waals surface area contributed by atoms with Crippen LogP contribution in [0.25, 0.3) is 44.6 Å². The summed E-state index contributed by atoms with van der Waals surface area (Å²) in [4.78, 5) is 31.7. The highest BCUT2D eigenvalue weighted by atomic mass is 35.5. The van der Waals surface area contributed by atoms with E-state index in [-0.39, 0.29) is 0 Å². The molecule has 0 fully saturated rings. The topological polar surface area (TPSA) is 114 Å². The monoisotopic (exact) mass is 760 g/mol. The van der Waals surface area contributed by atoms with Crippen LogP contribution >= 0.6 is 11.6 Å². The number of nitrogens with one attached hydrogen (secondary N) is 2. The van der Waals surface area contributed by atoms with Gasteiger partial charge < -0.3 is 19.9 Å². The number of imidazole rings is 1. The van der Waals surface area contributed by atoms with Gasteiger partial charge in [0.05, 0.1) is 17.6 Å². The van der Waals surface area contributed by atoms with E-state index >= 15 is 0 Å². The van der Waals surface area contributed by atoms with E-state index in [0.717, 1.165) is 74.0 Å². The molecule has 4 aromatic carbocycles. The van der Waals surface area contributed by atoms with Crippen molar-refractivity contribution in [1.29, 1.82) is 0 Å². The second-order valence-electron chi connectivity index (χ2n) is 13.6. The number of benzene rings is 4. The number of unbranched alkanes of at least 4 members (excludes halogenated alkanes) is 1. The molecular weight excluding hydrogens is 720 g/mol. The first kappa shape index (κ1) is 36.5. The fourth-order valence-electron chi connectivity index (χ4n) is 7.46. The molecule has 0 bridgehead atoms. The first-order chi connectivity index (χ1) is 27.5. The molecule has 0 aliphatic carbocycles. The number of nitrogens with zero attached hydrogens (tertiary/aromatic N) is 6. The molecule has 0 atom stereocenters. The number of anilines is 1. The van der Waals surface area contributed by atoms with Crippen LogP contribution in [0.5, 0.6) is 0 Å². The minimum absolute atomic E-state index is 0.345. The number of alkyl carbamates (subject to hydrolysis) is 1. The number of ether oxygens (including phenoxy) is 1. The van der Waals surface area contributed by atoms with E-state index in [0.29, 0.717) is 30.5 Å². The summed E-state index contributed by atoms with van der Waals surface area (Å²) >= 11 is 6.25. The Morgan fingerprint density at radius 1 is 0.857 bits per heavy atom. The van der Waals surface area contributed by atoms with Gasteiger partial charge in [0.15, 0.2) is 11.6 Å². The van der Waals surface area contributed by atoms with Crippen molar-refractivity contribution in [1.82, 2.24) is 35.0 Å². The number of H-pyrrole nitrogens is 1. The minimum Gasteiger partial charge on any atom is -0.450 e. The molecule has 8 rings (SSSR count). The largest absolute Gasteiger partial charge is 0.450 e. The number of hydrogen-bond acceptors (Lipinski definition) is 7. The van der Waals surface area contributed by atoms with Crippen LogP contribution in [0.15, 0.2) is 140 Å². The molecule has 8 aromatic rings. The molecule has 4 heterocycles. The van der Waals surface area contributed by atoms with Gasteiger partial charge in [0.1, 0.15) is 16.7 Å². The number of pyridine rings is 2. The molecule has 0 spiro atoms. The van der Waals surface area contributed by atoms with Gasteiger partial charge in [-0.15, -0.1) is 11.6 Å². The first-order valence-corrected chi connectivity index (χ1v) is 19.2. The molecule has 2 N–H and O–H groups in total. The van der Waals surface area contributed by atoms with Crippen LogP contribution in [-0.2, 0) is 16.2 Å². The predicted molar refractivity (Wildman–Crippen MR) is 223 cm³/mol. The number of fused-ring (bicyclic) bond motifs is 2. The zero-order chi connectivity index (χ0) is 38.5. The lowest BCUT2D eigenvalue weighted by Gasteiger charge is -2.37. The third kappa shape index (κ3) is 6.84. The highest BCUT2D eigenvalue weighted by Gasteiger charge is 2.41. The Balaban J connectivity index is 1.33. The lowest BCUT2D eigenvalue weighted by molar-refractivity contribution is 0.146. The summed E-state index contributed by atoms with van der Waals surface area (Å²) < 4.78 is 7.34. The molecular formula is C45H41ClN8O2. The Morgan fingerprint density at radius 3 is 2.18 bits per heavy atom. The standard InChI is InChI=1S/C45H41ClN8O2/c1-47-44(55)56-25-13-12-24-53(2)43-41-38(22-23-49-43)50-42(51-41)40-37-27-32(33-26-31(28-46)29-48-30-33)20-21-39(37)54(52-40)45(34-14-6-3-7-15-34,35-16-8-4-9-17-35)36-18-10-5-11-19-36/h3-11,14-23,26-27,29-30H,12-13,24-25,28H2,1-2H3,(H,47,55)(H,50,51). The van der Waals surface area contributed by atoms with E-state index < -0.39 is 11.6 Å². The Bertz CT molecular complexity index is 2500. The van der Waals surface area contributed by atoms with Crippen molar-refractivity contribution in [2.75, 3.05) is 32.1 Å². The second-order valence-corrected chi connectivity index (χ2v) is 13.9. The van der Waals surface area contributed by atoms with Crippen molar-refractivity contribution < 1.29 is 9.53 Å². The SMILES string of the molecule is CNC(=O)OCCCCN(C)c1nccc2[nH]c(-c3nn(C(c4ccccc4)(c4ccccc4)c4ccccc4)c4ccc(-c5cncc(CCl)c5)cc34)nc12. The number of amides is 1. The summed E-state index contributed by atoms with van der Waals surface area (Å²) in [5.74, 6) is 1.74. The van der Waals surface area contributed by atoms with Gasteiger partial charge in [0, 0.05) is 56.1 Å².